The number of aromatic amines is 1. The molecule has 0 fully saturated rings. The first kappa shape index (κ1) is 15.5. The molecule has 1 atom stereocenters. The molecule has 0 saturated heterocycles. The molecule has 1 aliphatic rings. The van der Waals surface area contributed by atoms with Crippen molar-refractivity contribution in [2.45, 2.75) is 18.9 Å². The topological polar surface area (TPSA) is 79.9 Å². The zero-order valence-corrected chi connectivity index (χ0v) is 13.6. The fraction of sp³-hybridized carbons (Fsp3) is 0.211. The van der Waals surface area contributed by atoms with E-state index in [1.165, 1.54) is 5.56 Å². The number of nitrogens with zero attached hydrogens (tertiary/aromatic N) is 2. The van der Waals surface area contributed by atoms with Crippen LogP contribution < -0.4 is 5.32 Å². The summed E-state index contributed by atoms with van der Waals surface area (Å²) >= 11 is 0. The van der Waals surface area contributed by atoms with E-state index in [0.717, 1.165) is 23.2 Å². The number of carbonyl (C=O) groups excluding carboxylic acids is 1. The molecule has 25 heavy (non-hydrogen) atoms. The van der Waals surface area contributed by atoms with Crippen LogP contribution in [0.4, 0.5) is 5.82 Å². The summed E-state index contributed by atoms with van der Waals surface area (Å²) in [4.78, 5) is 16.5. The van der Waals surface area contributed by atoms with Gasteiger partial charge in [0.05, 0.1) is 24.8 Å². The van der Waals surface area contributed by atoms with Gasteiger partial charge in [-0.1, -0.05) is 24.3 Å². The van der Waals surface area contributed by atoms with E-state index in [4.69, 9.17) is 4.74 Å². The van der Waals surface area contributed by atoms with Crippen molar-refractivity contribution in [2.75, 3.05) is 11.9 Å². The van der Waals surface area contributed by atoms with E-state index in [9.17, 15) is 4.79 Å². The number of carbonyl (C=O) groups is 1. The van der Waals surface area contributed by atoms with Crippen LogP contribution in [0, 0.1) is 0 Å². The Morgan fingerprint density at radius 3 is 3.08 bits per heavy atom. The maximum absolute atomic E-state index is 12.4. The maximum atomic E-state index is 12.4. The van der Waals surface area contributed by atoms with E-state index in [1.807, 2.05) is 30.3 Å². The minimum Gasteiger partial charge on any atom is -0.373 e. The average molecular weight is 334 g/mol. The lowest BCUT2D eigenvalue weighted by molar-refractivity contribution is -0.119. The third-order valence-electron chi connectivity index (χ3n) is 4.28. The molecule has 2 aromatic heterocycles. The van der Waals surface area contributed by atoms with Crippen molar-refractivity contribution in [3.05, 3.63) is 66.0 Å². The van der Waals surface area contributed by atoms with Crippen LogP contribution in [-0.2, 0) is 16.0 Å². The van der Waals surface area contributed by atoms with Gasteiger partial charge in [0.1, 0.15) is 0 Å². The van der Waals surface area contributed by atoms with Gasteiger partial charge in [0.2, 0.25) is 5.91 Å². The number of amides is 1. The first-order valence-corrected chi connectivity index (χ1v) is 8.24. The molecule has 6 heteroatoms. The lowest BCUT2D eigenvalue weighted by atomic mass is 9.96. The van der Waals surface area contributed by atoms with Crippen molar-refractivity contribution < 1.29 is 9.53 Å². The van der Waals surface area contributed by atoms with Crippen LogP contribution in [0.5, 0.6) is 0 Å². The second kappa shape index (κ2) is 6.86. The molecule has 0 aliphatic carbocycles. The molecular weight excluding hydrogens is 316 g/mol. The highest BCUT2D eigenvalue weighted by molar-refractivity contribution is 5.90. The predicted octanol–water partition coefficient (Wildman–Crippen LogP) is 3.11. The normalized spacial score (nSPS) is 16.2. The summed E-state index contributed by atoms with van der Waals surface area (Å²) in [7, 11) is 0. The smallest absolute Gasteiger partial charge is 0.228 e. The molecule has 126 valence electrons. The Labute approximate surface area is 145 Å². The van der Waals surface area contributed by atoms with E-state index < -0.39 is 0 Å². The Hall–Kier alpha value is -2.99. The molecule has 4 rings (SSSR count). The van der Waals surface area contributed by atoms with Crippen LogP contribution in [-0.4, -0.2) is 27.7 Å². The third kappa shape index (κ3) is 3.44. The summed E-state index contributed by atoms with van der Waals surface area (Å²) in [6.07, 6.45) is 4.41. The number of anilines is 1. The fourth-order valence-corrected chi connectivity index (χ4v) is 3.06. The highest BCUT2D eigenvalue weighted by Gasteiger charge is 2.23. The van der Waals surface area contributed by atoms with Gasteiger partial charge < -0.3 is 10.1 Å². The number of hydrogen-bond acceptors (Lipinski definition) is 4. The predicted molar refractivity (Wildman–Crippen MR) is 93.9 cm³/mol. The van der Waals surface area contributed by atoms with Crippen LogP contribution in [0.3, 0.4) is 0 Å². The monoisotopic (exact) mass is 334 g/mol. The lowest BCUT2D eigenvalue weighted by Gasteiger charge is -2.25. The van der Waals surface area contributed by atoms with Crippen molar-refractivity contribution in [1.29, 1.82) is 0 Å². The van der Waals surface area contributed by atoms with Crippen LogP contribution in [0.1, 0.15) is 23.7 Å². The summed E-state index contributed by atoms with van der Waals surface area (Å²) in [6, 6.07) is 13.7. The Balaban J connectivity index is 1.43. The number of rotatable bonds is 4. The molecule has 0 saturated carbocycles. The summed E-state index contributed by atoms with van der Waals surface area (Å²) < 4.78 is 5.79. The van der Waals surface area contributed by atoms with Crippen LogP contribution in [0.15, 0.2) is 54.9 Å². The Morgan fingerprint density at radius 1 is 1.28 bits per heavy atom. The van der Waals surface area contributed by atoms with Gasteiger partial charge >= 0.3 is 0 Å². The van der Waals surface area contributed by atoms with Gasteiger partial charge in [-0.3, -0.25) is 14.9 Å². The molecule has 2 N–H and O–H groups in total. The van der Waals surface area contributed by atoms with Crippen molar-refractivity contribution in [1.82, 2.24) is 15.2 Å². The second-order valence-corrected chi connectivity index (χ2v) is 5.97. The second-order valence-electron chi connectivity index (χ2n) is 5.97. The average Bonchev–Trinajstić information content (AvgIpc) is 3.11. The molecule has 1 aromatic carbocycles. The Bertz CT molecular complexity index is 876. The molecule has 3 aromatic rings. The number of aromatic nitrogens is 3. The molecule has 1 aliphatic heterocycles. The van der Waals surface area contributed by atoms with E-state index in [0.29, 0.717) is 12.4 Å². The molecule has 0 unspecified atom stereocenters. The van der Waals surface area contributed by atoms with Crippen molar-refractivity contribution >= 4 is 11.7 Å². The maximum Gasteiger partial charge on any atom is 0.228 e. The van der Waals surface area contributed by atoms with Gasteiger partial charge in [-0.2, -0.15) is 5.10 Å². The first-order valence-electron chi connectivity index (χ1n) is 8.24. The molecule has 3 heterocycles. The van der Waals surface area contributed by atoms with Gasteiger partial charge in [0.15, 0.2) is 5.82 Å². The van der Waals surface area contributed by atoms with Crippen LogP contribution in [0.2, 0.25) is 0 Å². The van der Waals surface area contributed by atoms with Crippen molar-refractivity contribution in [3.63, 3.8) is 0 Å². The first-order chi connectivity index (χ1) is 12.3. The van der Waals surface area contributed by atoms with Crippen LogP contribution in [0.25, 0.3) is 11.3 Å². The summed E-state index contributed by atoms with van der Waals surface area (Å²) in [5, 5.41) is 9.88. The SMILES string of the molecule is O=C(C[C@@H]1OCCc2ccccc21)Nc1cc(-c2cccnc2)[nH]n1. The number of ether oxygens (including phenoxy) is 1. The van der Waals surface area contributed by atoms with Gasteiger partial charge in [0, 0.05) is 24.0 Å². The molecule has 0 bridgehead atoms. The third-order valence-corrected chi connectivity index (χ3v) is 4.28. The highest BCUT2D eigenvalue weighted by atomic mass is 16.5. The van der Waals surface area contributed by atoms with Gasteiger partial charge in [-0.15, -0.1) is 0 Å². The number of benzene rings is 1. The number of pyridine rings is 1. The number of fused-ring (bicyclic) bond motifs is 1. The zero-order chi connectivity index (χ0) is 17.1. The number of H-pyrrole nitrogens is 1. The van der Waals surface area contributed by atoms with Gasteiger partial charge in [-0.05, 0) is 29.7 Å². The molecular formula is C19H18N4O2. The quantitative estimate of drug-likeness (QED) is 0.768. The fourth-order valence-electron chi connectivity index (χ4n) is 3.06. The molecule has 6 nitrogen and oxygen atoms in total. The standard InChI is InChI=1S/C19H18N4O2/c24-19(11-17-15-6-2-1-4-13(15)7-9-25-17)21-18-10-16(22-23-18)14-5-3-8-20-12-14/h1-6,8,10,12,17H,7,9,11H2,(H2,21,22,23,24)/t17-/m0/s1. The largest absolute Gasteiger partial charge is 0.373 e. The van der Waals surface area contributed by atoms with E-state index >= 15 is 0 Å². The van der Waals surface area contributed by atoms with E-state index in [1.54, 1.807) is 18.5 Å². The van der Waals surface area contributed by atoms with E-state index in [2.05, 4.69) is 26.6 Å². The minimum absolute atomic E-state index is 0.120. The lowest BCUT2D eigenvalue weighted by Crippen LogP contribution is -2.22. The Kier molecular flexibility index (Phi) is 4.26. The van der Waals surface area contributed by atoms with Gasteiger partial charge in [-0.25, -0.2) is 0 Å². The molecule has 1 amide bonds. The minimum atomic E-state index is -0.207. The molecule has 0 spiro atoms. The van der Waals surface area contributed by atoms with Gasteiger partial charge in [0.25, 0.3) is 0 Å². The zero-order valence-electron chi connectivity index (χ0n) is 13.6. The summed E-state index contributed by atoms with van der Waals surface area (Å²) in [5.41, 5.74) is 4.08. The number of nitrogens with one attached hydrogen (secondary N) is 2. The van der Waals surface area contributed by atoms with Crippen molar-refractivity contribution in [2.24, 2.45) is 0 Å². The number of hydrogen-bond donors (Lipinski definition) is 2. The van der Waals surface area contributed by atoms with Crippen LogP contribution >= 0.6 is 0 Å². The highest BCUT2D eigenvalue weighted by Crippen LogP contribution is 2.29. The summed E-state index contributed by atoms with van der Waals surface area (Å²) in [5.74, 6) is 0.374. The Morgan fingerprint density at radius 2 is 2.20 bits per heavy atom. The summed E-state index contributed by atoms with van der Waals surface area (Å²) in [6.45, 7) is 0.641. The van der Waals surface area contributed by atoms with E-state index in [-0.39, 0.29) is 18.4 Å². The molecule has 0 radical (unpaired) electrons. The van der Waals surface area contributed by atoms with Crippen molar-refractivity contribution in [3.8, 4) is 11.3 Å².